The predicted octanol–water partition coefficient (Wildman–Crippen LogP) is 0.801. The Balaban J connectivity index is 3.81. The number of rotatable bonds is 13. The molecule has 0 aromatic carbocycles. The molecule has 28 heavy (non-hydrogen) atoms. The molecule has 0 saturated heterocycles. The predicted molar refractivity (Wildman–Crippen MR) is 104 cm³/mol. The van der Waals surface area contributed by atoms with Crippen LogP contribution in [-0.2, 0) is 33.4 Å². The van der Waals surface area contributed by atoms with Gasteiger partial charge in [0.2, 0.25) is 11.8 Å². The molecule has 2 N–H and O–H groups in total. The van der Waals surface area contributed by atoms with Gasteiger partial charge in [0, 0.05) is 50.4 Å². The maximum Gasteiger partial charge on any atom is 0.305 e. The minimum atomic E-state index is -0.490. The van der Waals surface area contributed by atoms with Gasteiger partial charge in [0.25, 0.3) is 0 Å². The van der Waals surface area contributed by atoms with E-state index in [4.69, 9.17) is 4.74 Å². The maximum absolute atomic E-state index is 11.9. The summed E-state index contributed by atoms with van der Waals surface area (Å²) in [6.45, 7) is 5.59. The van der Waals surface area contributed by atoms with Crippen LogP contribution >= 0.6 is 11.8 Å². The average Bonchev–Trinajstić information content (AvgIpc) is 2.61. The molecule has 0 aliphatic heterocycles. The molecule has 0 aliphatic carbocycles. The molecule has 0 radical (unpaired) electrons. The van der Waals surface area contributed by atoms with Gasteiger partial charge >= 0.3 is 11.9 Å². The molecule has 0 spiro atoms. The first-order chi connectivity index (χ1) is 13.1. The summed E-state index contributed by atoms with van der Waals surface area (Å²) in [5.74, 6) is -0.881. The van der Waals surface area contributed by atoms with Crippen molar-refractivity contribution < 1.29 is 33.4 Å². The Morgan fingerprint density at radius 2 is 1.57 bits per heavy atom. The van der Waals surface area contributed by atoms with E-state index in [-0.39, 0.29) is 55.8 Å². The van der Waals surface area contributed by atoms with E-state index < -0.39 is 17.4 Å². The number of hydrogen-bond acceptors (Lipinski definition) is 8. The lowest BCUT2D eigenvalue weighted by Crippen LogP contribution is -2.35. The lowest BCUT2D eigenvalue weighted by molar-refractivity contribution is -0.145. The maximum atomic E-state index is 11.9. The van der Waals surface area contributed by atoms with Crippen molar-refractivity contribution in [2.24, 2.45) is 5.41 Å². The SMILES string of the molecule is COC(=O)CCC(=O)SCCNC(=O)CCNC(=O)CC(C)(C)COC(C)=O. The van der Waals surface area contributed by atoms with Gasteiger partial charge in [0.1, 0.15) is 0 Å². The smallest absolute Gasteiger partial charge is 0.305 e. The highest BCUT2D eigenvalue weighted by Gasteiger charge is 2.23. The van der Waals surface area contributed by atoms with Gasteiger partial charge in [-0.15, -0.1) is 0 Å². The molecule has 9 nitrogen and oxygen atoms in total. The van der Waals surface area contributed by atoms with E-state index in [1.165, 1.54) is 14.0 Å². The Bertz CT molecular complexity index is 564. The number of thioether (sulfide) groups is 1. The molecule has 0 fully saturated rings. The van der Waals surface area contributed by atoms with Crippen LogP contribution in [0.3, 0.4) is 0 Å². The monoisotopic (exact) mass is 418 g/mol. The molecule has 0 heterocycles. The molecule has 0 unspecified atom stereocenters. The quantitative estimate of drug-likeness (QED) is 0.332. The normalized spacial score (nSPS) is 10.7. The van der Waals surface area contributed by atoms with E-state index in [9.17, 15) is 24.0 Å². The zero-order valence-corrected chi connectivity index (χ0v) is 17.7. The first kappa shape index (κ1) is 25.9. The number of ether oxygens (including phenoxy) is 2. The first-order valence-electron chi connectivity index (χ1n) is 8.95. The Kier molecular flexibility index (Phi) is 12.9. The van der Waals surface area contributed by atoms with Crippen molar-refractivity contribution in [1.29, 1.82) is 0 Å². The minimum Gasteiger partial charge on any atom is -0.469 e. The fourth-order valence-electron chi connectivity index (χ4n) is 1.98. The summed E-state index contributed by atoms with van der Waals surface area (Å²) in [4.78, 5) is 56.9. The molecule has 0 aliphatic rings. The number of esters is 2. The van der Waals surface area contributed by atoms with E-state index in [1.54, 1.807) is 0 Å². The van der Waals surface area contributed by atoms with Gasteiger partial charge in [-0.25, -0.2) is 0 Å². The van der Waals surface area contributed by atoms with Crippen LogP contribution in [0, 0.1) is 5.41 Å². The lowest BCUT2D eigenvalue weighted by Gasteiger charge is -2.23. The molecule has 0 atom stereocenters. The third-order valence-corrected chi connectivity index (χ3v) is 4.36. The molecule has 0 rings (SSSR count). The van der Waals surface area contributed by atoms with Gasteiger partial charge in [0.15, 0.2) is 5.12 Å². The van der Waals surface area contributed by atoms with E-state index in [0.29, 0.717) is 12.3 Å². The molecular formula is C18H30N2O7S. The van der Waals surface area contributed by atoms with Crippen molar-refractivity contribution in [3.63, 3.8) is 0 Å². The van der Waals surface area contributed by atoms with E-state index in [2.05, 4.69) is 15.4 Å². The number of methoxy groups -OCH3 is 1. The fraction of sp³-hybridized carbons (Fsp3) is 0.722. The second-order valence-corrected chi connectivity index (χ2v) is 8.02. The van der Waals surface area contributed by atoms with Gasteiger partial charge < -0.3 is 20.1 Å². The van der Waals surface area contributed by atoms with Crippen LogP contribution in [0.2, 0.25) is 0 Å². The number of hydrogen-bond donors (Lipinski definition) is 2. The minimum absolute atomic E-state index is 0.0477. The molecule has 10 heteroatoms. The largest absolute Gasteiger partial charge is 0.469 e. The Morgan fingerprint density at radius 1 is 0.929 bits per heavy atom. The summed E-state index contributed by atoms with van der Waals surface area (Å²) in [5.41, 5.74) is -0.490. The number of amides is 2. The van der Waals surface area contributed by atoms with Crippen LogP contribution in [-0.4, -0.2) is 61.4 Å². The Labute approximate surface area is 169 Å². The molecule has 2 amide bonds. The van der Waals surface area contributed by atoms with Crippen LogP contribution < -0.4 is 10.6 Å². The van der Waals surface area contributed by atoms with Crippen molar-refractivity contribution >= 4 is 40.6 Å². The first-order valence-corrected chi connectivity index (χ1v) is 9.93. The van der Waals surface area contributed by atoms with Gasteiger partial charge in [0.05, 0.1) is 20.1 Å². The second-order valence-electron chi connectivity index (χ2n) is 6.87. The topological polar surface area (TPSA) is 128 Å². The lowest BCUT2D eigenvalue weighted by atomic mass is 9.90. The van der Waals surface area contributed by atoms with E-state index >= 15 is 0 Å². The van der Waals surface area contributed by atoms with Crippen LogP contribution in [0.1, 0.15) is 46.5 Å². The van der Waals surface area contributed by atoms with Crippen molar-refractivity contribution in [3.05, 3.63) is 0 Å². The number of nitrogens with one attached hydrogen (secondary N) is 2. The van der Waals surface area contributed by atoms with Gasteiger partial charge in [-0.2, -0.15) is 0 Å². The van der Waals surface area contributed by atoms with Crippen LogP contribution in [0.25, 0.3) is 0 Å². The third kappa shape index (κ3) is 15.0. The zero-order chi connectivity index (χ0) is 21.6. The zero-order valence-electron chi connectivity index (χ0n) is 16.9. The summed E-state index contributed by atoms with van der Waals surface area (Å²) in [6.07, 6.45) is 0.445. The highest BCUT2D eigenvalue weighted by Crippen LogP contribution is 2.20. The number of carbonyl (C=O) groups is 5. The Hall–Kier alpha value is -2.10. The fourth-order valence-corrected chi connectivity index (χ4v) is 2.66. The summed E-state index contributed by atoms with van der Waals surface area (Å²) in [7, 11) is 1.27. The summed E-state index contributed by atoms with van der Waals surface area (Å²) in [6, 6.07) is 0. The summed E-state index contributed by atoms with van der Waals surface area (Å²) >= 11 is 1.05. The van der Waals surface area contributed by atoms with Crippen LogP contribution in [0.4, 0.5) is 0 Å². The second kappa shape index (κ2) is 14.0. The third-order valence-electron chi connectivity index (χ3n) is 3.43. The van der Waals surface area contributed by atoms with Crippen molar-refractivity contribution in [3.8, 4) is 0 Å². The molecular weight excluding hydrogens is 388 g/mol. The van der Waals surface area contributed by atoms with Crippen molar-refractivity contribution in [2.75, 3.05) is 32.6 Å². The van der Waals surface area contributed by atoms with Crippen LogP contribution in [0.15, 0.2) is 0 Å². The van der Waals surface area contributed by atoms with Gasteiger partial charge in [-0.1, -0.05) is 25.6 Å². The summed E-state index contributed by atoms with van der Waals surface area (Å²) in [5, 5.41) is 5.18. The molecule has 0 saturated carbocycles. The highest BCUT2D eigenvalue weighted by molar-refractivity contribution is 8.13. The van der Waals surface area contributed by atoms with Crippen LogP contribution in [0.5, 0.6) is 0 Å². The molecule has 0 bridgehead atoms. The highest BCUT2D eigenvalue weighted by atomic mass is 32.2. The number of carbonyl (C=O) groups excluding carboxylic acids is 5. The molecule has 0 aromatic heterocycles. The van der Waals surface area contributed by atoms with Gasteiger partial charge in [-0.05, 0) is 0 Å². The van der Waals surface area contributed by atoms with Crippen molar-refractivity contribution in [2.45, 2.75) is 46.5 Å². The van der Waals surface area contributed by atoms with Gasteiger partial charge in [-0.3, -0.25) is 24.0 Å². The summed E-state index contributed by atoms with van der Waals surface area (Å²) < 4.78 is 9.38. The molecule has 0 aromatic rings. The van der Waals surface area contributed by atoms with E-state index in [0.717, 1.165) is 11.8 Å². The molecule has 160 valence electrons. The standard InChI is InChI=1S/C18H30N2O7S/c1-13(21)27-12-18(2,3)11-15(23)19-8-7-14(22)20-9-10-28-17(25)6-5-16(24)26-4/h5-12H2,1-4H3,(H,19,23)(H,20,22). The Morgan fingerprint density at radius 3 is 2.18 bits per heavy atom. The van der Waals surface area contributed by atoms with E-state index in [1.807, 2.05) is 13.8 Å². The van der Waals surface area contributed by atoms with Crippen molar-refractivity contribution in [1.82, 2.24) is 10.6 Å². The average molecular weight is 419 g/mol.